The molecule has 1 heterocycles. The number of anilines is 1. The van der Waals surface area contributed by atoms with Crippen molar-refractivity contribution in [2.45, 2.75) is 30.6 Å². The number of aromatic nitrogens is 2. The van der Waals surface area contributed by atoms with E-state index >= 15 is 0 Å². The Morgan fingerprint density at radius 3 is 2.59 bits per heavy atom. The molecule has 1 saturated carbocycles. The molecule has 8 heteroatoms. The number of sulfone groups is 1. The number of nitrogens with one attached hydrogen (secondary N) is 1. The summed E-state index contributed by atoms with van der Waals surface area (Å²) in [6.45, 7) is 4.00. The van der Waals surface area contributed by atoms with Crippen molar-refractivity contribution in [3.05, 3.63) is 77.9 Å². The van der Waals surface area contributed by atoms with E-state index in [2.05, 4.69) is 15.3 Å². The van der Waals surface area contributed by atoms with E-state index in [1.807, 2.05) is 44.2 Å². The highest BCUT2D eigenvalue weighted by atomic mass is 32.2. The van der Waals surface area contributed by atoms with E-state index in [9.17, 15) is 13.2 Å². The quantitative estimate of drug-likeness (QED) is 0.591. The molecule has 1 amide bonds. The van der Waals surface area contributed by atoms with Crippen LogP contribution in [0.4, 0.5) is 5.69 Å². The lowest BCUT2D eigenvalue weighted by Gasteiger charge is -2.19. The fourth-order valence-electron chi connectivity index (χ4n) is 3.94. The summed E-state index contributed by atoms with van der Waals surface area (Å²) in [7, 11) is -3.36. The molecular formula is C24H25N3O4S. The third kappa shape index (κ3) is 4.50. The second-order valence-electron chi connectivity index (χ2n) is 8.22. The second kappa shape index (κ2) is 8.35. The third-order valence-corrected chi connectivity index (χ3v) is 6.92. The molecule has 7 nitrogen and oxygen atoms in total. The summed E-state index contributed by atoms with van der Waals surface area (Å²) in [4.78, 5) is 21.8. The molecule has 2 atom stereocenters. The summed E-state index contributed by atoms with van der Waals surface area (Å²) >= 11 is 0. The van der Waals surface area contributed by atoms with Crippen molar-refractivity contribution in [1.82, 2.24) is 9.97 Å². The number of benzene rings is 2. The van der Waals surface area contributed by atoms with Crippen LogP contribution in [0.3, 0.4) is 0 Å². The summed E-state index contributed by atoms with van der Waals surface area (Å²) in [5, 5.41) is 2.87. The number of nitrogens with zero attached hydrogens (tertiary/aromatic N) is 2. The Kier molecular flexibility index (Phi) is 5.73. The predicted octanol–water partition coefficient (Wildman–Crippen LogP) is 3.47. The summed E-state index contributed by atoms with van der Waals surface area (Å²) in [6.07, 6.45) is 3.42. The highest BCUT2D eigenvalue weighted by Gasteiger charge is 2.60. The van der Waals surface area contributed by atoms with Crippen molar-refractivity contribution in [2.75, 3.05) is 18.2 Å². The zero-order valence-electron chi connectivity index (χ0n) is 18.2. The van der Waals surface area contributed by atoms with E-state index < -0.39 is 15.3 Å². The van der Waals surface area contributed by atoms with Gasteiger partial charge in [0.05, 0.1) is 29.3 Å². The van der Waals surface area contributed by atoms with E-state index in [-0.39, 0.29) is 16.7 Å². The van der Waals surface area contributed by atoms with Gasteiger partial charge in [-0.1, -0.05) is 36.4 Å². The Morgan fingerprint density at radius 2 is 1.91 bits per heavy atom. The number of rotatable bonds is 7. The Bertz CT molecular complexity index is 1260. The van der Waals surface area contributed by atoms with Gasteiger partial charge < -0.3 is 10.1 Å². The van der Waals surface area contributed by atoms with Gasteiger partial charge in [0.25, 0.3) is 0 Å². The van der Waals surface area contributed by atoms with E-state index in [0.717, 1.165) is 17.5 Å². The summed E-state index contributed by atoms with van der Waals surface area (Å²) in [5.41, 5.74) is 1.75. The van der Waals surface area contributed by atoms with Crippen molar-refractivity contribution in [3.63, 3.8) is 0 Å². The molecule has 0 bridgehead atoms. The van der Waals surface area contributed by atoms with Gasteiger partial charge in [-0.05, 0) is 44.0 Å². The lowest BCUT2D eigenvalue weighted by Crippen LogP contribution is -2.26. The van der Waals surface area contributed by atoms with Crippen molar-refractivity contribution in [1.29, 1.82) is 0 Å². The molecule has 0 saturated heterocycles. The number of amides is 1. The lowest BCUT2D eigenvalue weighted by molar-refractivity contribution is -0.117. The standard InChI is InChI=1S/C24H25N3O4S/c1-16-22(14-25-17(2)26-16)31-15-24(18-8-5-4-6-9-18)13-21(24)23(28)27-19-10-7-11-20(12-19)32(3,29)30/h4-12,14,21H,13,15H2,1-3H3,(H,27,28)/t21-,24+/m0/s1. The molecule has 166 valence electrons. The maximum atomic E-state index is 13.1. The van der Waals surface area contributed by atoms with E-state index in [4.69, 9.17) is 4.74 Å². The largest absolute Gasteiger partial charge is 0.489 e. The Balaban J connectivity index is 1.55. The minimum Gasteiger partial charge on any atom is -0.489 e. The Hall–Kier alpha value is -3.26. The lowest BCUT2D eigenvalue weighted by atomic mass is 9.93. The number of hydrogen-bond donors (Lipinski definition) is 1. The molecule has 1 aliphatic carbocycles. The first-order valence-corrected chi connectivity index (χ1v) is 12.2. The van der Waals surface area contributed by atoms with Crippen LogP contribution in [-0.4, -0.2) is 37.2 Å². The maximum absolute atomic E-state index is 13.1. The SMILES string of the molecule is Cc1ncc(OC[C@@]2(c3ccccc3)C[C@H]2C(=O)Nc2cccc(S(C)(=O)=O)c2)c(C)n1. The van der Waals surface area contributed by atoms with E-state index in [1.165, 1.54) is 12.1 Å². The van der Waals surface area contributed by atoms with Crippen LogP contribution in [0.25, 0.3) is 0 Å². The minimum atomic E-state index is -3.36. The van der Waals surface area contributed by atoms with E-state index in [1.54, 1.807) is 18.3 Å². The van der Waals surface area contributed by atoms with Gasteiger partial charge in [0, 0.05) is 17.4 Å². The number of hydrogen-bond acceptors (Lipinski definition) is 6. The van der Waals surface area contributed by atoms with Crippen LogP contribution < -0.4 is 10.1 Å². The average molecular weight is 452 g/mol. The molecule has 1 N–H and O–H groups in total. The summed E-state index contributed by atoms with van der Waals surface area (Å²) < 4.78 is 29.8. The Labute approximate surface area is 187 Å². The first-order valence-electron chi connectivity index (χ1n) is 10.3. The molecule has 0 unspecified atom stereocenters. The highest BCUT2D eigenvalue weighted by molar-refractivity contribution is 7.90. The first kappa shape index (κ1) is 22.0. The fourth-order valence-corrected chi connectivity index (χ4v) is 4.60. The van der Waals surface area contributed by atoms with E-state index in [0.29, 0.717) is 30.3 Å². The van der Waals surface area contributed by atoms with Crippen molar-refractivity contribution >= 4 is 21.4 Å². The molecule has 4 rings (SSSR count). The number of ether oxygens (including phenoxy) is 1. The normalized spacial score (nSPS) is 19.9. The van der Waals surface area contributed by atoms with Crippen LogP contribution in [0.1, 0.15) is 23.5 Å². The monoisotopic (exact) mass is 451 g/mol. The molecule has 0 spiro atoms. The summed E-state index contributed by atoms with van der Waals surface area (Å²) in [5.74, 6) is 0.795. The average Bonchev–Trinajstić information content (AvgIpc) is 3.49. The van der Waals surface area contributed by atoms with Gasteiger partial charge in [-0.3, -0.25) is 4.79 Å². The van der Waals surface area contributed by atoms with Crippen LogP contribution in [-0.2, 0) is 20.0 Å². The topological polar surface area (TPSA) is 98.2 Å². The van der Waals surface area contributed by atoms with Crippen LogP contribution in [0.5, 0.6) is 5.75 Å². The van der Waals surface area contributed by atoms with Gasteiger partial charge >= 0.3 is 0 Å². The zero-order valence-corrected chi connectivity index (χ0v) is 19.0. The Morgan fingerprint density at radius 1 is 1.16 bits per heavy atom. The zero-order chi connectivity index (χ0) is 22.9. The smallest absolute Gasteiger partial charge is 0.228 e. The van der Waals surface area contributed by atoms with Gasteiger partial charge in [-0.15, -0.1) is 0 Å². The fraction of sp³-hybridized carbons (Fsp3) is 0.292. The van der Waals surface area contributed by atoms with Crippen molar-refractivity contribution < 1.29 is 17.9 Å². The van der Waals surface area contributed by atoms with Gasteiger partial charge in [-0.25, -0.2) is 18.4 Å². The van der Waals surface area contributed by atoms with Gasteiger partial charge in [0.15, 0.2) is 15.6 Å². The molecule has 1 aliphatic rings. The van der Waals surface area contributed by atoms with Gasteiger partial charge in [-0.2, -0.15) is 0 Å². The molecule has 2 aromatic carbocycles. The second-order valence-corrected chi connectivity index (χ2v) is 10.2. The van der Waals surface area contributed by atoms with Crippen molar-refractivity contribution in [2.24, 2.45) is 5.92 Å². The number of aryl methyl sites for hydroxylation is 2. The van der Waals surface area contributed by atoms with Gasteiger partial charge in [0.2, 0.25) is 5.91 Å². The molecule has 32 heavy (non-hydrogen) atoms. The maximum Gasteiger partial charge on any atom is 0.228 e. The van der Waals surface area contributed by atoms with Crippen LogP contribution in [0.2, 0.25) is 0 Å². The molecule has 1 aromatic heterocycles. The van der Waals surface area contributed by atoms with Crippen LogP contribution in [0.15, 0.2) is 65.7 Å². The van der Waals surface area contributed by atoms with Crippen LogP contribution in [0, 0.1) is 19.8 Å². The summed E-state index contributed by atoms with van der Waals surface area (Å²) in [6, 6.07) is 16.1. The number of carbonyl (C=O) groups is 1. The minimum absolute atomic E-state index is 0.165. The van der Waals surface area contributed by atoms with Gasteiger partial charge in [0.1, 0.15) is 5.82 Å². The molecule has 0 radical (unpaired) electrons. The molecule has 1 fully saturated rings. The van der Waals surface area contributed by atoms with Crippen molar-refractivity contribution in [3.8, 4) is 5.75 Å². The highest BCUT2D eigenvalue weighted by Crippen LogP contribution is 2.55. The molecule has 3 aromatic rings. The predicted molar refractivity (Wildman–Crippen MR) is 121 cm³/mol. The number of carbonyl (C=O) groups excluding carboxylic acids is 1. The molecular weight excluding hydrogens is 426 g/mol. The third-order valence-electron chi connectivity index (χ3n) is 5.81. The first-order chi connectivity index (χ1) is 15.2. The van der Waals surface area contributed by atoms with Crippen LogP contribution >= 0.6 is 0 Å². The molecule has 0 aliphatic heterocycles.